The molecule has 0 N–H and O–H groups in total. The van der Waals surface area contributed by atoms with Gasteiger partial charge in [0.05, 0.1) is 6.10 Å². The standard InChI is InChI=1S/C23H41NO3S/c1-16(18-12-13-19-20(27-28)9-6-14-23(18,19)5)8-7-15-24(17-10-11-17)21(25)26-22(2,3)4/h16-20,28H,6-15H2,1-5H3/t16-,18-,19+,20+,23-/m1/s1. The molecule has 0 aromatic rings. The Morgan fingerprint density at radius 2 is 1.93 bits per heavy atom. The number of hydrogen-bond donors (Lipinski definition) is 1. The summed E-state index contributed by atoms with van der Waals surface area (Å²) < 4.78 is 11.2. The topological polar surface area (TPSA) is 38.8 Å². The Morgan fingerprint density at radius 3 is 2.54 bits per heavy atom. The van der Waals surface area contributed by atoms with Gasteiger partial charge < -0.3 is 13.8 Å². The van der Waals surface area contributed by atoms with Crippen LogP contribution in [0.15, 0.2) is 0 Å². The van der Waals surface area contributed by atoms with Crippen molar-refractivity contribution in [3.8, 4) is 0 Å². The highest BCUT2D eigenvalue weighted by atomic mass is 32.1. The van der Waals surface area contributed by atoms with E-state index in [1.807, 2.05) is 25.7 Å². The van der Waals surface area contributed by atoms with Crippen LogP contribution in [-0.4, -0.2) is 35.3 Å². The maximum Gasteiger partial charge on any atom is 0.410 e. The van der Waals surface area contributed by atoms with Crippen LogP contribution in [0.1, 0.15) is 92.4 Å². The Bertz CT molecular complexity index is 544. The monoisotopic (exact) mass is 411 g/mol. The molecule has 0 spiro atoms. The van der Waals surface area contributed by atoms with E-state index in [2.05, 4.69) is 26.8 Å². The zero-order valence-corrected chi connectivity index (χ0v) is 19.5. The summed E-state index contributed by atoms with van der Waals surface area (Å²) in [5.74, 6) is 2.11. The molecule has 0 saturated heterocycles. The molecule has 3 rings (SSSR count). The number of amides is 1. The fourth-order valence-corrected chi connectivity index (χ4v) is 6.39. The third-order valence-electron chi connectivity index (χ3n) is 7.63. The largest absolute Gasteiger partial charge is 0.444 e. The van der Waals surface area contributed by atoms with Crippen LogP contribution in [0.25, 0.3) is 0 Å². The number of ether oxygens (including phenoxy) is 1. The van der Waals surface area contributed by atoms with E-state index < -0.39 is 5.60 Å². The molecule has 5 heteroatoms. The van der Waals surface area contributed by atoms with Crippen LogP contribution in [0.5, 0.6) is 0 Å². The molecule has 0 aromatic carbocycles. The Morgan fingerprint density at radius 1 is 1.21 bits per heavy atom. The summed E-state index contributed by atoms with van der Waals surface area (Å²) in [7, 11) is 0. The van der Waals surface area contributed by atoms with E-state index in [4.69, 9.17) is 8.92 Å². The lowest BCUT2D eigenvalue weighted by Gasteiger charge is -2.46. The second-order valence-electron chi connectivity index (χ2n) is 10.9. The van der Waals surface area contributed by atoms with Gasteiger partial charge in [0, 0.05) is 12.6 Å². The average Bonchev–Trinajstić information content (AvgIpc) is 3.37. The van der Waals surface area contributed by atoms with Crippen LogP contribution >= 0.6 is 12.9 Å². The molecule has 0 heterocycles. The number of carbonyl (C=O) groups is 1. The summed E-state index contributed by atoms with van der Waals surface area (Å²) >= 11 is 4.17. The van der Waals surface area contributed by atoms with Crippen molar-refractivity contribution in [1.29, 1.82) is 0 Å². The molecule has 162 valence electrons. The van der Waals surface area contributed by atoms with Gasteiger partial charge in [0.25, 0.3) is 0 Å². The van der Waals surface area contributed by atoms with Crippen LogP contribution in [-0.2, 0) is 8.92 Å². The summed E-state index contributed by atoms with van der Waals surface area (Å²) in [5, 5.41) is 0. The average molecular weight is 412 g/mol. The fraction of sp³-hybridized carbons (Fsp3) is 0.957. The third-order valence-corrected chi connectivity index (χ3v) is 7.90. The van der Waals surface area contributed by atoms with Crippen molar-refractivity contribution >= 4 is 19.0 Å². The molecule has 0 bridgehead atoms. The van der Waals surface area contributed by atoms with E-state index in [0.29, 0.717) is 29.4 Å². The molecule has 0 radical (unpaired) electrons. The number of nitrogens with zero attached hydrogens (tertiary/aromatic N) is 1. The first kappa shape index (κ1) is 22.3. The Labute approximate surface area is 177 Å². The molecule has 0 aliphatic heterocycles. The van der Waals surface area contributed by atoms with Crippen molar-refractivity contribution in [2.75, 3.05) is 6.54 Å². The zero-order valence-electron chi connectivity index (χ0n) is 18.6. The molecule has 1 amide bonds. The number of fused-ring (bicyclic) bond motifs is 1. The predicted molar refractivity (Wildman–Crippen MR) is 116 cm³/mol. The lowest BCUT2D eigenvalue weighted by atomic mass is 9.61. The number of hydrogen-bond acceptors (Lipinski definition) is 4. The minimum atomic E-state index is -0.419. The molecule has 5 atom stereocenters. The molecule has 3 aliphatic carbocycles. The van der Waals surface area contributed by atoms with Crippen molar-refractivity contribution in [3.05, 3.63) is 0 Å². The lowest BCUT2D eigenvalue weighted by molar-refractivity contribution is -0.00629. The SMILES string of the molecule is C[C@H](CCCN(C(=O)OC(C)(C)C)C1CC1)[C@H]1CC[C@H]2[C@@H](OS)CCC[C@]12C. The smallest absolute Gasteiger partial charge is 0.410 e. The first-order valence-corrected chi connectivity index (χ1v) is 11.8. The summed E-state index contributed by atoms with van der Waals surface area (Å²) in [5.41, 5.74) is -0.0238. The van der Waals surface area contributed by atoms with E-state index in [9.17, 15) is 4.79 Å². The molecular formula is C23H41NO3S. The van der Waals surface area contributed by atoms with Crippen LogP contribution in [0.3, 0.4) is 0 Å². The number of thiol groups is 1. The maximum atomic E-state index is 12.6. The van der Waals surface area contributed by atoms with Gasteiger partial charge in [-0.05, 0) is 108 Å². The number of carbonyl (C=O) groups excluding carboxylic acids is 1. The zero-order chi connectivity index (χ0) is 20.5. The molecule has 3 aliphatic rings. The Kier molecular flexibility index (Phi) is 6.96. The lowest BCUT2D eigenvalue weighted by Crippen LogP contribution is -2.42. The molecule has 0 unspecified atom stereocenters. The first-order chi connectivity index (χ1) is 13.2. The summed E-state index contributed by atoms with van der Waals surface area (Å²) in [6, 6.07) is 0.408. The van der Waals surface area contributed by atoms with Crippen LogP contribution in [0.2, 0.25) is 0 Å². The van der Waals surface area contributed by atoms with Crippen molar-refractivity contribution in [2.24, 2.45) is 23.2 Å². The van der Waals surface area contributed by atoms with Gasteiger partial charge in [-0.1, -0.05) is 20.3 Å². The van der Waals surface area contributed by atoms with Crippen molar-refractivity contribution < 1.29 is 13.7 Å². The summed E-state index contributed by atoms with van der Waals surface area (Å²) in [6.45, 7) is 11.6. The van der Waals surface area contributed by atoms with Gasteiger partial charge in [0.15, 0.2) is 0 Å². The Hall–Kier alpha value is -0.420. The van der Waals surface area contributed by atoms with Crippen LogP contribution in [0.4, 0.5) is 4.79 Å². The van der Waals surface area contributed by atoms with Gasteiger partial charge in [-0.15, -0.1) is 0 Å². The van der Waals surface area contributed by atoms with E-state index in [1.54, 1.807) is 0 Å². The van der Waals surface area contributed by atoms with Gasteiger partial charge >= 0.3 is 6.09 Å². The first-order valence-electron chi connectivity index (χ1n) is 11.5. The van der Waals surface area contributed by atoms with E-state index in [-0.39, 0.29) is 6.09 Å². The molecular weight excluding hydrogens is 370 g/mol. The molecule has 3 saturated carbocycles. The second kappa shape index (κ2) is 8.75. The van der Waals surface area contributed by atoms with E-state index in [1.165, 1.54) is 32.1 Å². The number of rotatable bonds is 7. The fourth-order valence-electron chi connectivity index (χ4n) is 6.14. The maximum absolute atomic E-state index is 12.6. The highest BCUT2D eigenvalue weighted by Crippen LogP contribution is 2.58. The molecule has 28 heavy (non-hydrogen) atoms. The van der Waals surface area contributed by atoms with E-state index in [0.717, 1.165) is 38.1 Å². The third kappa shape index (κ3) is 5.00. The molecule has 0 aromatic heterocycles. The summed E-state index contributed by atoms with van der Waals surface area (Å²) in [6.07, 6.45) is 11.1. The van der Waals surface area contributed by atoms with Gasteiger partial charge in [-0.25, -0.2) is 4.79 Å². The van der Waals surface area contributed by atoms with Crippen LogP contribution < -0.4 is 0 Å². The van der Waals surface area contributed by atoms with E-state index >= 15 is 0 Å². The highest BCUT2D eigenvalue weighted by Gasteiger charge is 2.52. The van der Waals surface area contributed by atoms with Gasteiger partial charge in [0.2, 0.25) is 0 Å². The highest BCUT2D eigenvalue weighted by molar-refractivity contribution is 7.75. The molecule has 4 nitrogen and oxygen atoms in total. The summed E-state index contributed by atoms with van der Waals surface area (Å²) in [4.78, 5) is 14.6. The Balaban J connectivity index is 1.52. The van der Waals surface area contributed by atoms with Crippen molar-refractivity contribution in [1.82, 2.24) is 4.90 Å². The van der Waals surface area contributed by atoms with Crippen molar-refractivity contribution in [3.63, 3.8) is 0 Å². The van der Waals surface area contributed by atoms with Gasteiger partial charge in [0.1, 0.15) is 5.60 Å². The second-order valence-corrected chi connectivity index (χ2v) is 11.1. The quantitative estimate of drug-likeness (QED) is 0.397. The predicted octanol–water partition coefficient (Wildman–Crippen LogP) is 6.25. The normalized spacial score (nSPS) is 34.0. The van der Waals surface area contributed by atoms with Gasteiger partial charge in [-0.2, -0.15) is 0 Å². The molecule has 3 fully saturated rings. The van der Waals surface area contributed by atoms with Crippen LogP contribution in [0, 0.1) is 23.2 Å². The van der Waals surface area contributed by atoms with Gasteiger partial charge in [-0.3, -0.25) is 0 Å². The van der Waals surface area contributed by atoms with Crippen molar-refractivity contribution in [2.45, 2.75) is 110 Å². The minimum Gasteiger partial charge on any atom is -0.444 e. The minimum absolute atomic E-state index is 0.128.